The lowest BCUT2D eigenvalue weighted by molar-refractivity contribution is -0.110. The molecule has 1 rings (SSSR count). The van der Waals surface area contributed by atoms with E-state index in [1.165, 1.54) is 56.9 Å². The van der Waals surface area contributed by atoms with E-state index in [4.69, 9.17) is 0 Å². The average molecular weight is 399 g/mol. The van der Waals surface area contributed by atoms with Gasteiger partial charge in [0.1, 0.15) is 0 Å². The molecule has 150 valence electrons. The minimum absolute atomic E-state index is 0. The number of unbranched alkanes of at least 4 members (excludes halogenated alkanes) is 9. The maximum atomic E-state index is 10.4. The molecule has 0 atom stereocenters. The summed E-state index contributed by atoms with van der Waals surface area (Å²) in [6.07, 6.45) is 11.7. The quantitative estimate of drug-likeness (QED) is 0.224. The molecule has 0 spiro atoms. The van der Waals surface area contributed by atoms with Gasteiger partial charge in [-0.2, -0.15) is 0 Å². The summed E-state index contributed by atoms with van der Waals surface area (Å²) in [7, 11) is -4.48. The van der Waals surface area contributed by atoms with Crippen LogP contribution in [0, 0.1) is 0 Å². The molecule has 0 aliphatic carbocycles. The lowest BCUT2D eigenvalue weighted by Crippen LogP contribution is -2.05. The zero-order valence-corrected chi connectivity index (χ0v) is 17.4. The van der Waals surface area contributed by atoms with Crippen LogP contribution in [-0.4, -0.2) is 36.8 Å². The van der Waals surface area contributed by atoms with Gasteiger partial charge in [-0.15, -0.1) is 0 Å². The number of hydrogen-bond acceptors (Lipinski definition) is 7. The number of rotatable bonds is 12. The van der Waals surface area contributed by atoms with E-state index in [-0.39, 0.29) is 18.5 Å². The lowest BCUT2D eigenvalue weighted by atomic mass is 10.1. The lowest BCUT2D eigenvalue weighted by Gasteiger charge is -2.06. The van der Waals surface area contributed by atoms with E-state index in [0.29, 0.717) is 17.9 Å². The Labute approximate surface area is 157 Å². The van der Waals surface area contributed by atoms with Crippen LogP contribution in [0.1, 0.15) is 78.1 Å². The molecule has 1 heterocycles. The van der Waals surface area contributed by atoms with E-state index in [1.807, 2.05) is 0 Å². The summed E-state index contributed by atoms with van der Waals surface area (Å²) in [5, 5.41) is 0. The monoisotopic (exact) mass is 398 g/mol. The average Bonchev–Trinajstić information content (AvgIpc) is 2.88. The van der Waals surface area contributed by atoms with Crippen molar-refractivity contribution in [3.8, 4) is 0 Å². The smallest absolute Gasteiger partial charge is 0.217 e. The highest BCUT2D eigenvalue weighted by atomic mass is 32.3. The van der Waals surface area contributed by atoms with Crippen LogP contribution in [0.3, 0.4) is 0 Å². The third kappa shape index (κ3) is 19.7. The van der Waals surface area contributed by atoms with Crippen molar-refractivity contribution < 1.29 is 21.9 Å². The molecule has 0 aromatic heterocycles. The fourth-order valence-electron chi connectivity index (χ4n) is 2.09. The van der Waals surface area contributed by atoms with Gasteiger partial charge in [0.25, 0.3) is 0 Å². The molecular formula is C16H34N2O5S2. The zero-order chi connectivity index (χ0) is 18.3. The molecule has 0 saturated heterocycles. The van der Waals surface area contributed by atoms with Crippen LogP contribution < -0.4 is 6.15 Å². The fourth-order valence-corrected chi connectivity index (χ4v) is 3.10. The Morgan fingerprint density at radius 1 is 1.04 bits per heavy atom. The standard InChI is InChI=1S/C12H26O4S.C4H5NOS.H3N/c1-2-3-4-5-6-7-8-9-10-11-12-16-17(13,14)15;1-3-4(6)2-7-5-3;/h2-12H2,1H3,(H,13,14,15);2H2,1H3;1H3. The summed E-state index contributed by atoms with van der Waals surface area (Å²) in [5.74, 6) is 0.719. The molecule has 0 amide bonds. The van der Waals surface area contributed by atoms with Crippen LogP contribution in [0.25, 0.3) is 0 Å². The van der Waals surface area contributed by atoms with Crippen molar-refractivity contribution >= 4 is 33.8 Å². The van der Waals surface area contributed by atoms with Crippen LogP contribution in [-0.2, 0) is 19.4 Å². The third-order valence-corrected chi connectivity index (χ3v) is 4.78. The minimum atomic E-state index is -4.48. The Morgan fingerprint density at radius 3 is 1.84 bits per heavy atom. The predicted molar refractivity (Wildman–Crippen MR) is 104 cm³/mol. The summed E-state index contributed by atoms with van der Waals surface area (Å²) in [5.41, 5.74) is 0.657. The summed E-state index contributed by atoms with van der Waals surface area (Å²) in [6.45, 7) is 3.98. The number of nitrogens with zero attached hydrogens (tertiary/aromatic N) is 1. The highest BCUT2D eigenvalue weighted by molar-refractivity contribution is 7.99. The minimum Gasteiger partial charge on any atom is -0.726 e. The molecule has 9 heteroatoms. The highest BCUT2D eigenvalue weighted by Gasteiger charge is 2.11. The molecule has 0 unspecified atom stereocenters. The van der Waals surface area contributed by atoms with Crippen LogP contribution in [0.4, 0.5) is 0 Å². The van der Waals surface area contributed by atoms with Gasteiger partial charge in [-0.3, -0.25) is 8.98 Å². The van der Waals surface area contributed by atoms with Gasteiger partial charge in [0.05, 0.1) is 18.1 Å². The van der Waals surface area contributed by atoms with E-state index in [9.17, 15) is 17.8 Å². The summed E-state index contributed by atoms with van der Waals surface area (Å²) >= 11 is 1.33. The second kappa shape index (κ2) is 17.0. The molecule has 0 saturated carbocycles. The second-order valence-electron chi connectivity index (χ2n) is 5.79. The zero-order valence-electron chi connectivity index (χ0n) is 15.8. The molecule has 0 aromatic carbocycles. The number of ketones is 1. The van der Waals surface area contributed by atoms with Gasteiger partial charge in [-0.1, -0.05) is 64.7 Å². The fraction of sp³-hybridized carbons (Fsp3) is 0.875. The molecule has 0 bridgehead atoms. The molecule has 0 fully saturated rings. The number of Topliss-reactive ketones (excluding diaryl/α,β-unsaturated/α-hetero) is 1. The van der Waals surface area contributed by atoms with Crippen molar-refractivity contribution in [1.82, 2.24) is 6.15 Å². The Kier molecular flexibility index (Phi) is 18.1. The van der Waals surface area contributed by atoms with Gasteiger partial charge in [-0.25, -0.2) is 12.8 Å². The Hall–Kier alpha value is -0.480. The maximum Gasteiger partial charge on any atom is 0.217 e. The molecule has 1 aliphatic rings. The van der Waals surface area contributed by atoms with Gasteiger partial charge >= 0.3 is 0 Å². The van der Waals surface area contributed by atoms with Gasteiger partial charge < -0.3 is 10.7 Å². The molecule has 4 N–H and O–H groups in total. The number of quaternary nitrogens is 1. The van der Waals surface area contributed by atoms with Crippen LogP contribution >= 0.6 is 11.9 Å². The number of carbonyl (C=O) groups excluding carboxylic acids is 1. The SMILES string of the molecule is CC1=NSCC1=O.CCCCCCCCCCCCOS(=O)(=O)[O-].[NH4+]. The van der Waals surface area contributed by atoms with Gasteiger partial charge in [-0.05, 0) is 25.3 Å². The molecule has 7 nitrogen and oxygen atoms in total. The predicted octanol–water partition coefficient (Wildman–Crippen LogP) is 4.44. The molecule has 25 heavy (non-hydrogen) atoms. The first kappa shape index (κ1) is 26.7. The van der Waals surface area contributed by atoms with Crippen molar-refractivity contribution in [2.45, 2.75) is 78.1 Å². The molecule has 1 aliphatic heterocycles. The van der Waals surface area contributed by atoms with Crippen molar-refractivity contribution in [2.75, 3.05) is 12.4 Å². The van der Waals surface area contributed by atoms with Crippen molar-refractivity contribution in [1.29, 1.82) is 0 Å². The Balaban J connectivity index is 0. The normalized spacial score (nSPS) is 13.7. The van der Waals surface area contributed by atoms with Crippen molar-refractivity contribution in [3.63, 3.8) is 0 Å². The summed E-state index contributed by atoms with van der Waals surface area (Å²) in [4.78, 5) is 10.4. The Bertz CT molecular complexity index is 467. The molecule has 0 aromatic rings. The summed E-state index contributed by atoms with van der Waals surface area (Å²) in [6, 6.07) is 0. The van der Waals surface area contributed by atoms with E-state index < -0.39 is 10.4 Å². The third-order valence-electron chi connectivity index (χ3n) is 3.53. The van der Waals surface area contributed by atoms with Crippen molar-refractivity contribution in [3.05, 3.63) is 0 Å². The van der Waals surface area contributed by atoms with E-state index >= 15 is 0 Å². The highest BCUT2D eigenvalue weighted by Crippen LogP contribution is 2.11. The molecular weight excluding hydrogens is 364 g/mol. The van der Waals surface area contributed by atoms with Gasteiger partial charge in [0.2, 0.25) is 10.4 Å². The van der Waals surface area contributed by atoms with E-state index in [0.717, 1.165) is 12.8 Å². The first-order chi connectivity index (χ1) is 11.4. The van der Waals surface area contributed by atoms with Crippen LogP contribution in [0.15, 0.2) is 4.40 Å². The van der Waals surface area contributed by atoms with Gasteiger partial charge in [0, 0.05) is 0 Å². The first-order valence-corrected chi connectivity index (χ1v) is 10.9. The van der Waals surface area contributed by atoms with Crippen LogP contribution in [0.5, 0.6) is 0 Å². The van der Waals surface area contributed by atoms with Crippen LogP contribution in [0.2, 0.25) is 0 Å². The largest absolute Gasteiger partial charge is 0.726 e. The second-order valence-corrected chi connectivity index (χ2v) is 7.57. The van der Waals surface area contributed by atoms with E-state index in [2.05, 4.69) is 15.5 Å². The summed E-state index contributed by atoms with van der Waals surface area (Å²) < 4.78 is 38.3. The number of carbonyl (C=O) groups is 1. The van der Waals surface area contributed by atoms with Crippen molar-refractivity contribution in [2.24, 2.45) is 4.40 Å². The maximum absolute atomic E-state index is 10.4. The Morgan fingerprint density at radius 2 is 1.52 bits per heavy atom. The van der Waals surface area contributed by atoms with E-state index in [1.54, 1.807) is 6.92 Å². The number of hydrogen-bond donors (Lipinski definition) is 1. The topological polar surface area (TPSA) is 132 Å². The molecule has 0 radical (unpaired) electrons. The first-order valence-electron chi connectivity index (χ1n) is 8.66. The van der Waals surface area contributed by atoms with Gasteiger partial charge in [0.15, 0.2) is 5.78 Å².